The summed E-state index contributed by atoms with van der Waals surface area (Å²) in [6.07, 6.45) is 4.50. The first-order valence-electron chi connectivity index (χ1n) is 5.91. The van der Waals surface area contributed by atoms with Gasteiger partial charge in [0.25, 0.3) is 0 Å². The van der Waals surface area contributed by atoms with Crippen LogP contribution in [0, 0.1) is 17.8 Å². The molecule has 0 amide bonds. The van der Waals surface area contributed by atoms with E-state index in [2.05, 4.69) is 11.8 Å². The quantitative estimate of drug-likeness (QED) is 0.519. The topological polar surface area (TPSA) is 0 Å². The third-order valence-electron chi connectivity index (χ3n) is 2.88. The van der Waals surface area contributed by atoms with Gasteiger partial charge in [-0.2, -0.15) is 13.2 Å². The molecule has 0 atom stereocenters. The average molecular weight is 270 g/mol. The monoisotopic (exact) mass is 270 g/mol. The van der Waals surface area contributed by atoms with Crippen molar-refractivity contribution in [3.63, 3.8) is 0 Å². The molecule has 96 valence electrons. The predicted octanol–water partition coefficient (Wildman–Crippen LogP) is 4.84. The third kappa shape index (κ3) is 3.99. The van der Waals surface area contributed by atoms with Gasteiger partial charge in [-0.15, -0.1) is 0 Å². The van der Waals surface area contributed by atoms with Crippen LogP contribution < -0.4 is 0 Å². The maximum absolute atomic E-state index is 12.4. The highest BCUT2D eigenvalue weighted by Crippen LogP contribution is 2.38. The summed E-state index contributed by atoms with van der Waals surface area (Å²) < 4.78 is 37.1. The molecule has 1 aromatic rings. The van der Waals surface area contributed by atoms with Crippen molar-refractivity contribution in [1.82, 2.24) is 0 Å². The summed E-state index contributed by atoms with van der Waals surface area (Å²) in [6, 6.07) is 6.45. The average Bonchev–Trinajstić information content (AvgIpc) is 2.79. The molecule has 0 N–H and O–H groups in total. The minimum atomic E-state index is -4.26. The Hall–Kier alpha value is -1.08. The molecular formula is C14H13F3S. The van der Waals surface area contributed by atoms with Gasteiger partial charge in [0.1, 0.15) is 0 Å². The van der Waals surface area contributed by atoms with Crippen LogP contribution in [0.1, 0.15) is 31.2 Å². The van der Waals surface area contributed by atoms with Crippen molar-refractivity contribution in [2.75, 3.05) is 0 Å². The molecule has 18 heavy (non-hydrogen) atoms. The lowest BCUT2D eigenvalue weighted by Gasteiger charge is -2.07. The minimum Gasteiger partial charge on any atom is -0.160 e. The summed E-state index contributed by atoms with van der Waals surface area (Å²) in [7, 11) is 0. The van der Waals surface area contributed by atoms with Crippen LogP contribution in [0.2, 0.25) is 0 Å². The normalized spacial score (nSPS) is 16.4. The molecule has 0 radical (unpaired) electrons. The van der Waals surface area contributed by atoms with E-state index >= 15 is 0 Å². The lowest BCUT2D eigenvalue weighted by atomic mass is 10.1. The van der Waals surface area contributed by atoms with Gasteiger partial charge in [0.05, 0.1) is 0 Å². The standard InChI is InChI=1S/C14H13F3S/c15-14(16,17)18-13-8-4-3-7-12(13)10-9-11-5-1-2-6-11/h3-4,7-8,11H,1-2,5-6H2. The number of halogens is 3. The highest BCUT2D eigenvalue weighted by Gasteiger charge is 2.30. The van der Waals surface area contributed by atoms with Crippen LogP contribution in [0.4, 0.5) is 13.2 Å². The molecule has 0 saturated heterocycles. The molecule has 0 unspecified atom stereocenters. The highest BCUT2D eigenvalue weighted by atomic mass is 32.2. The van der Waals surface area contributed by atoms with E-state index in [9.17, 15) is 13.2 Å². The number of rotatable bonds is 1. The first-order valence-corrected chi connectivity index (χ1v) is 6.72. The van der Waals surface area contributed by atoms with Crippen LogP contribution in [0.15, 0.2) is 29.2 Å². The van der Waals surface area contributed by atoms with Gasteiger partial charge < -0.3 is 0 Å². The van der Waals surface area contributed by atoms with Crippen LogP contribution >= 0.6 is 11.8 Å². The second kappa shape index (κ2) is 5.71. The molecule has 1 saturated carbocycles. The fourth-order valence-electron chi connectivity index (χ4n) is 2.03. The van der Waals surface area contributed by atoms with Gasteiger partial charge in [0.15, 0.2) is 0 Å². The molecule has 0 aromatic heterocycles. The molecule has 0 heterocycles. The predicted molar refractivity (Wildman–Crippen MR) is 67.2 cm³/mol. The largest absolute Gasteiger partial charge is 0.446 e. The summed E-state index contributed by atoms with van der Waals surface area (Å²) in [5.74, 6) is 6.36. The zero-order valence-corrected chi connectivity index (χ0v) is 10.6. The van der Waals surface area contributed by atoms with E-state index < -0.39 is 5.51 Å². The lowest BCUT2D eigenvalue weighted by molar-refractivity contribution is -0.0328. The van der Waals surface area contributed by atoms with Gasteiger partial charge in [0.2, 0.25) is 0 Å². The summed E-state index contributed by atoms with van der Waals surface area (Å²) >= 11 is -0.0926. The minimum absolute atomic E-state index is 0.0926. The Balaban J connectivity index is 2.16. The lowest BCUT2D eigenvalue weighted by Crippen LogP contribution is -2.00. The van der Waals surface area contributed by atoms with E-state index in [0.717, 1.165) is 12.8 Å². The molecule has 0 nitrogen and oxygen atoms in total. The first kappa shape index (κ1) is 13.4. The molecular weight excluding hydrogens is 257 g/mol. The highest BCUT2D eigenvalue weighted by molar-refractivity contribution is 8.00. The Bertz CT molecular complexity index is 462. The van der Waals surface area contributed by atoms with Crippen molar-refractivity contribution in [2.45, 2.75) is 36.1 Å². The van der Waals surface area contributed by atoms with Crippen molar-refractivity contribution in [3.8, 4) is 11.8 Å². The third-order valence-corrected chi connectivity index (χ3v) is 3.69. The number of thioether (sulfide) groups is 1. The van der Waals surface area contributed by atoms with Crippen LogP contribution in [0.3, 0.4) is 0 Å². The Morgan fingerprint density at radius 3 is 2.44 bits per heavy atom. The Morgan fingerprint density at radius 1 is 1.11 bits per heavy atom. The summed E-state index contributed by atoms with van der Waals surface area (Å²) in [5.41, 5.74) is -3.78. The number of hydrogen-bond acceptors (Lipinski definition) is 1. The van der Waals surface area contributed by atoms with Crippen LogP contribution in [0.25, 0.3) is 0 Å². The first-order chi connectivity index (χ1) is 8.54. The van der Waals surface area contributed by atoms with E-state index in [4.69, 9.17) is 0 Å². The van der Waals surface area contributed by atoms with Crippen molar-refractivity contribution < 1.29 is 13.2 Å². The number of benzene rings is 1. The molecule has 4 heteroatoms. The molecule has 1 aliphatic rings. The molecule has 2 rings (SSSR count). The van der Waals surface area contributed by atoms with Gasteiger partial charge in [-0.05, 0) is 36.7 Å². The van der Waals surface area contributed by atoms with Gasteiger partial charge in [0, 0.05) is 16.4 Å². The van der Waals surface area contributed by atoms with Crippen molar-refractivity contribution in [1.29, 1.82) is 0 Å². The molecule has 1 aromatic carbocycles. The zero-order valence-electron chi connectivity index (χ0n) is 9.76. The van der Waals surface area contributed by atoms with E-state index in [1.807, 2.05) is 0 Å². The van der Waals surface area contributed by atoms with Crippen molar-refractivity contribution in [3.05, 3.63) is 29.8 Å². The van der Waals surface area contributed by atoms with E-state index in [1.54, 1.807) is 18.2 Å². The van der Waals surface area contributed by atoms with E-state index in [0.29, 0.717) is 11.5 Å². The molecule has 1 fully saturated rings. The fourth-order valence-corrected chi connectivity index (χ4v) is 2.66. The van der Waals surface area contributed by atoms with Crippen LogP contribution in [-0.4, -0.2) is 5.51 Å². The van der Waals surface area contributed by atoms with Gasteiger partial charge >= 0.3 is 5.51 Å². The van der Waals surface area contributed by atoms with Gasteiger partial charge in [-0.1, -0.05) is 36.8 Å². The number of hydrogen-bond donors (Lipinski definition) is 0. The fraction of sp³-hybridized carbons (Fsp3) is 0.429. The summed E-state index contributed by atoms with van der Waals surface area (Å²) in [4.78, 5) is 0.190. The zero-order chi connectivity index (χ0) is 13.0. The second-order valence-corrected chi connectivity index (χ2v) is 5.40. The van der Waals surface area contributed by atoms with Gasteiger partial charge in [-0.3, -0.25) is 0 Å². The van der Waals surface area contributed by atoms with Crippen molar-refractivity contribution in [2.24, 2.45) is 5.92 Å². The molecule has 1 aliphatic carbocycles. The number of alkyl halides is 3. The Morgan fingerprint density at radius 2 is 1.78 bits per heavy atom. The van der Waals surface area contributed by atoms with Crippen molar-refractivity contribution >= 4 is 11.8 Å². The SMILES string of the molecule is FC(F)(F)Sc1ccccc1C#CC1CCCC1. The molecule has 0 spiro atoms. The van der Waals surface area contributed by atoms with Crippen LogP contribution in [-0.2, 0) is 0 Å². The van der Waals surface area contributed by atoms with Crippen LogP contribution in [0.5, 0.6) is 0 Å². The Labute approximate surface area is 109 Å². The molecule has 0 aliphatic heterocycles. The maximum Gasteiger partial charge on any atom is 0.446 e. The second-order valence-electron chi connectivity index (χ2n) is 4.29. The van der Waals surface area contributed by atoms with Gasteiger partial charge in [-0.25, -0.2) is 0 Å². The molecule has 0 bridgehead atoms. The van der Waals surface area contributed by atoms with E-state index in [-0.39, 0.29) is 16.7 Å². The maximum atomic E-state index is 12.4. The van der Waals surface area contributed by atoms with E-state index in [1.165, 1.54) is 18.9 Å². The summed E-state index contributed by atoms with van der Waals surface area (Å²) in [6.45, 7) is 0. The summed E-state index contributed by atoms with van der Waals surface area (Å²) in [5, 5.41) is 0. The smallest absolute Gasteiger partial charge is 0.160 e. The Kier molecular flexibility index (Phi) is 4.23.